The summed E-state index contributed by atoms with van der Waals surface area (Å²) in [7, 11) is -4.33. The maximum absolute atomic E-state index is 14.7. The van der Waals surface area contributed by atoms with Crippen LogP contribution in [0.3, 0.4) is 0 Å². The number of carboxylic acids is 1. The molecule has 0 aliphatic rings. The summed E-state index contributed by atoms with van der Waals surface area (Å²) in [6.07, 6.45) is -0.706. The Morgan fingerprint density at radius 2 is 1.24 bits per heavy atom. The smallest absolute Gasteiger partial charge is 0.457 e. The molecule has 0 bridgehead atoms. The van der Waals surface area contributed by atoms with E-state index in [0.29, 0.717) is 11.1 Å². The van der Waals surface area contributed by atoms with Gasteiger partial charge < -0.3 is 42.5 Å². The summed E-state index contributed by atoms with van der Waals surface area (Å²) in [5.41, 5.74) is 6.54. The van der Waals surface area contributed by atoms with Crippen LogP contribution in [0, 0.1) is 0 Å². The monoisotopic (exact) mass is 659 g/mol. The lowest BCUT2D eigenvalue weighted by molar-refractivity contribution is -0.139. The SMILES string of the molecule is C[C@H](NC(=O)CCC(=O)O)C(=O)N[C@@H](C)C(=O)NC(c1ccc(C(N)=[NH2+])cc1)P(=O)(Oc1ccccc1)Oc1ccccc1.[Cl-]. The van der Waals surface area contributed by atoms with Crippen LogP contribution in [-0.2, 0) is 23.7 Å². The quantitative estimate of drug-likeness (QED) is 0.0635. The summed E-state index contributed by atoms with van der Waals surface area (Å²) in [5.74, 6) is -4.11. The fourth-order valence-corrected chi connectivity index (χ4v) is 5.75. The van der Waals surface area contributed by atoms with Gasteiger partial charge in [-0.05, 0) is 55.8 Å². The number of halogens is 1. The predicted octanol–water partition coefficient (Wildman–Crippen LogP) is -1.50. The maximum Gasteiger partial charge on any atom is 0.457 e. The molecular formula is C30H35ClN5O8P. The number of hydrogen-bond donors (Lipinski definition) is 6. The van der Waals surface area contributed by atoms with E-state index in [0.717, 1.165) is 0 Å². The van der Waals surface area contributed by atoms with Crippen LogP contribution in [0.15, 0.2) is 84.9 Å². The van der Waals surface area contributed by atoms with Crippen molar-refractivity contribution < 1.29 is 55.7 Å². The number of nitrogens with two attached hydrogens (primary N) is 2. The lowest BCUT2D eigenvalue weighted by Gasteiger charge is -2.29. The number of nitrogens with one attached hydrogen (secondary N) is 3. The number of hydrogen-bond acceptors (Lipinski definition) is 7. The topological polar surface area (TPSA) is 212 Å². The van der Waals surface area contributed by atoms with Gasteiger partial charge in [0.2, 0.25) is 17.7 Å². The van der Waals surface area contributed by atoms with E-state index in [-0.39, 0.29) is 36.2 Å². The number of carboxylic acid groups (broad SMARTS) is 1. The van der Waals surface area contributed by atoms with Gasteiger partial charge in [-0.1, -0.05) is 48.5 Å². The Kier molecular flexibility index (Phi) is 13.6. The maximum atomic E-state index is 14.7. The van der Waals surface area contributed by atoms with Crippen LogP contribution in [-0.4, -0.2) is 46.7 Å². The Morgan fingerprint density at radius 1 is 0.778 bits per heavy atom. The third-order valence-electron chi connectivity index (χ3n) is 6.20. The summed E-state index contributed by atoms with van der Waals surface area (Å²) >= 11 is 0. The summed E-state index contributed by atoms with van der Waals surface area (Å²) in [6.45, 7) is 2.79. The number of amidine groups is 1. The summed E-state index contributed by atoms with van der Waals surface area (Å²) in [4.78, 5) is 48.8. The van der Waals surface area contributed by atoms with Gasteiger partial charge in [-0.2, -0.15) is 0 Å². The van der Waals surface area contributed by atoms with E-state index in [4.69, 9.17) is 25.3 Å². The Hall–Kier alpha value is -4.87. The fourth-order valence-electron chi connectivity index (χ4n) is 3.85. The Labute approximate surface area is 266 Å². The second-order valence-corrected chi connectivity index (χ2v) is 11.7. The molecule has 3 atom stereocenters. The number of para-hydroxylation sites is 2. The van der Waals surface area contributed by atoms with Crippen molar-refractivity contribution in [3.8, 4) is 11.5 Å². The minimum atomic E-state index is -4.33. The minimum absolute atomic E-state index is 0. The van der Waals surface area contributed by atoms with E-state index in [9.17, 15) is 23.7 Å². The molecule has 8 N–H and O–H groups in total. The number of rotatable bonds is 15. The van der Waals surface area contributed by atoms with Gasteiger partial charge in [-0.3, -0.25) is 30.3 Å². The van der Waals surface area contributed by atoms with Gasteiger partial charge in [-0.15, -0.1) is 0 Å². The highest BCUT2D eigenvalue weighted by atomic mass is 35.5. The van der Waals surface area contributed by atoms with Crippen molar-refractivity contribution >= 4 is 37.1 Å². The molecule has 3 rings (SSSR count). The predicted molar refractivity (Wildman–Crippen MR) is 161 cm³/mol. The first-order valence-electron chi connectivity index (χ1n) is 13.6. The molecule has 0 fully saturated rings. The molecule has 13 nitrogen and oxygen atoms in total. The second-order valence-electron chi connectivity index (χ2n) is 9.75. The summed E-state index contributed by atoms with van der Waals surface area (Å²) in [5, 5.41) is 22.0. The van der Waals surface area contributed by atoms with Gasteiger partial charge in [-0.25, -0.2) is 4.57 Å². The minimum Gasteiger partial charge on any atom is -1.00 e. The lowest BCUT2D eigenvalue weighted by atomic mass is 10.1. The van der Waals surface area contributed by atoms with E-state index in [1.807, 2.05) is 0 Å². The van der Waals surface area contributed by atoms with E-state index in [2.05, 4.69) is 16.0 Å². The third kappa shape index (κ3) is 11.0. The normalized spacial score (nSPS) is 12.7. The highest BCUT2D eigenvalue weighted by Crippen LogP contribution is 2.59. The summed E-state index contributed by atoms with van der Waals surface area (Å²) < 4.78 is 26.6. The van der Waals surface area contributed by atoms with Crippen LogP contribution in [0.5, 0.6) is 11.5 Å². The van der Waals surface area contributed by atoms with Gasteiger partial charge in [0.15, 0.2) is 5.78 Å². The molecule has 0 aliphatic heterocycles. The number of aliphatic carboxylic acids is 1. The highest BCUT2D eigenvalue weighted by molar-refractivity contribution is 7.55. The molecule has 0 saturated carbocycles. The van der Waals surface area contributed by atoms with Crippen LogP contribution in [0.25, 0.3) is 0 Å². The largest absolute Gasteiger partial charge is 1.00 e. The zero-order chi connectivity index (χ0) is 32.3. The van der Waals surface area contributed by atoms with Crippen molar-refractivity contribution in [1.82, 2.24) is 16.0 Å². The molecule has 240 valence electrons. The van der Waals surface area contributed by atoms with Gasteiger partial charge in [0, 0.05) is 6.42 Å². The zero-order valence-corrected chi connectivity index (χ0v) is 26.2. The van der Waals surface area contributed by atoms with E-state index < -0.39 is 55.6 Å². The first kappa shape index (κ1) is 36.3. The molecule has 3 aromatic carbocycles. The molecule has 0 spiro atoms. The number of benzene rings is 3. The first-order valence-corrected chi connectivity index (χ1v) is 15.2. The number of carbonyl (C=O) groups excluding carboxylic acids is 3. The molecule has 45 heavy (non-hydrogen) atoms. The fraction of sp³-hybridized carbons (Fsp3) is 0.233. The Bertz CT molecular complexity index is 1480. The van der Waals surface area contributed by atoms with E-state index in [1.165, 1.54) is 13.8 Å². The molecule has 15 heteroatoms. The van der Waals surface area contributed by atoms with Crippen molar-refractivity contribution in [3.63, 3.8) is 0 Å². The first-order chi connectivity index (χ1) is 20.9. The molecular weight excluding hydrogens is 625 g/mol. The molecule has 0 aliphatic carbocycles. The standard InChI is InChI=1S/C30H34N5O8P.ClH/c1-19(33-25(36)17-18-26(37)38)28(39)34-20(2)29(40)35-30(22-15-13-21(14-16-22)27(31)32)44(41,42-23-9-5-3-6-10-23)43-24-11-7-4-8-12-24;/h3-16,19-20,30H,17-18H2,1-2H3,(H3,31,32)(H,33,36)(H,34,39)(H,35,40)(H,37,38);1H/t19-,20-,30?;/m0./s1. The van der Waals surface area contributed by atoms with E-state index in [1.54, 1.807) is 84.9 Å². The average Bonchev–Trinajstić information content (AvgIpc) is 2.99. The summed E-state index contributed by atoms with van der Waals surface area (Å²) in [6, 6.07) is 20.6. The third-order valence-corrected chi connectivity index (χ3v) is 8.19. The van der Waals surface area contributed by atoms with Crippen molar-refractivity contribution in [1.29, 1.82) is 0 Å². The molecule has 3 aromatic rings. The van der Waals surface area contributed by atoms with E-state index >= 15 is 0 Å². The van der Waals surface area contributed by atoms with Crippen molar-refractivity contribution in [3.05, 3.63) is 96.1 Å². The van der Waals surface area contributed by atoms with Gasteiger partial charge >= 0.3 is 13.6 Å². The molecule has 0 saturated heterocycles. The van der Waals surface area contributed by atoms with Crippen LogP contribution < -0.4 is 48.5 Å². The van der Waals surface area contributed by atoms with Gasteiger partial charge in [0.25, 0.3) is 5.84 Å². The number of amides is 3. The van der Waals surface area contributed by atoms with Gasteiger partial charge in [0.05, 0.1) is 12.0 Å². The van der Waals surface area contributed by atoms with Crippen LogP contribution in [0.4, 0.5) is 0 Å². The van der Waals surface area contributed by atoms with Crippen LogP contribution in [0.1, 0.15) is 43.6 Å². The lowest BCUT2D eigenvalue weighted by Crippen LogP contribution is -3.00. The molecule has 3 amide bonds. The van der Waals surface area contributed by atoms with Crippen molar-refractivity contribution in [2.24, 2.45) is 5.73 Å². The second kappa shape index (κ2) is 16.8. The Balaban J connectivity index is 0.00000705. The highest BCUT2D eigenvalue weighted by Gasteiger charge is 2.43. The zero-order valence-electron chi connectivity index (χ0n) is 24.5. The Morgan fingerprint density at radius 3 is 1.71 bits per heavy atom. The van der Waals surface area contributed by atoms with Crippen molar-refractivity contribution in [2.75, 3.05) is 0 Å². The van der Waals surface area contributed by atoms with Crippen LogP contribution >= 0.6 is 7.60 Å². The van der Waals surface area contributed by atoms with Gasteiger partial charge in [0.1, 0.15) is 23.6 Å². The molecule has 1 unspecified atom stereocenters. The van der Waals surface area contributed by atoms with Crippen molar-refractivity contribution in [2.45, 2.75) is 44.6 Å². The average molecular weight is 660 g/mol. The number of carbonyl (C=O) groups is 4. The van der Waals surface area contributed by atoms with Crippen LogP contribution in [0.2, 0.25) is 0 Å². The molecule has 0 heterocycles. The molecule has 0 aromatic heterocycles. The molecule has 0 radical (unpaired) electrons.